The molecule has 0 aliphatic heterocycles. The van der Waals surface area contributed by atoms with Crippen LogP contribution in [0, 0.1) is 0 Å². The number of hydrogen-bond donors (Lipinski definition) is 2. The molecule has 2 aromatic carbocycles. The van der Waals surface area contributed by atoms with Crippen LogP contribution in [0.4, 0.5) is 0 Å². The molecule has 1 atom stereocenters. The summed E-state index contributed by atoms with van der Waals surface area (Å²) in [5, 5.41) is 0. The minimum absolute atomic E-state index is 0. The third-order valence-corrected chi connectivity index (χ3v) is 4.26. The number of halogens is 1. The van der Waals surface area contributed by atoms with Gasteiger partial charge >= 0.3 is 0 Å². The summed E-state index contributed by atoms with van der Waals surface area (Å²) in [5.41, 5.74) is 3.77. The minimum atomic E-state index is 0. The summed E-state index contributed by atoms with van der Waals surface area (Å²) in [6.45, 7) is 0. The first-order chi connectivity index (χ1) is 10.8. The van der Waals surface area contributed by atoms with Crippen LogP contribution in [0.1, 0.15) is 28.6 Å². The van der Waals surface area contributed by atoms with Gasteiger partial charge in [-0.25, -0.2) is 4.98 Å². The van der Waals surface area contributed by atoms with Gasteiger partial charge in [0.2, 0.25) is 0 Å². The molecule has 1 heterocycles. The first-order valence-corrected chi connectivity index (χ1v) is 8.21. The van der Waals surface area contributed by atoms with E-state index < -0.39 is 0 Å². The Kier molecular flexibility index (Phi) is 6.75. The summed E-state index contributed by atoms with van der Waals surface area (Å²) < 4.78 is 0. The minimum Gasteiger partial charge on any atom is -0.345 e. The maximum absolute atomic E-state index is 4.58. The Morgan fingerprint density at radius 3 is 2.13 bits per heavy atom. The molecule has 0 saturated carbocycles. The van der Waals surface area contributed by atoms with Crippen LogP contribution in [0.15, 0.2) is 66.9 Å². The van der Waals surface area contributed by atoms with Gasteiger partial charge in [-0.3, -0.25) is 0 Å². The number of aromatic amines is 1. The number of aromatic nitrogens is 2. The van der Waals surface area contributed by atoms with E-state index in [4.69, 9.17) is 0 Å². The highest BCUT2D eigenvalue weighted by Gasteiger charge is 2.14. The van der Waals surface area contributed by atoms with Gasteiger partial charge in [0.25, 0.3) is 0 Å². The molecule has 120 valence electrons. The van der Waals surface area contributed by atoms with Gasteiger partial charge < -0.3 is 4.98 Å². The van der Waals surface area contributed by atoms with Crippen molar-refractivity contribution in [1.29, 1.82) is 0 Å². The molecule has 1 N–H and O–H groups in total. The van der Waals surface area contributed by atoms with Gasteiger partial charge in [0, 0.05) is 30.0 Å². The van der Waals surface area contributed by atoms with Crippen molar-refractivity contribution in [3.05, 3.63) is 89.5 Å². The second-order valence-corrected chi connectivity index (χ2v) is 5.89. The Balaban J connectivity index is 0.00000192. The average molecular weight is 345 g/mol. The molecule has 1 unspecified atom stereocenters. The van der Waals surface area contributed by atoms with E-state index in [1.54, 1.807) is 0 Å². The lowest BCUT2D eigenvalue weighted by Crippen LogP contribution is -2.07. The number of thiol groups is 1. The summed E-state index contributed by atoms with van der Waals surface area (Å²) in [6, 6.07) is 21.0. The second kappa shape index (κ2) is 8.80. The quantitative estimate of drug-likeness (QED) is 0.624. The fraction of sp³-hybridized carbons (Fsp3) is 0.211. The molecular formula is C19H21ClN2S. The Hall–Kier alpha value is -1.71. The highest BCUT2D eigenvalue weighted by Crippen LogP contribution is 2.20. The Morgan fingerprint density at radius 2 is 1.52 bits per heavy atom. The van der Waals surface area contributed by atoms with E-state index >= 15 is 0 Å². The van der Waals surface area contributed by atoms with Gasteiger partial charge in [0.15, 0.2) is 0 Å². The van der Waals surface area contributed by atoms with E-state index in [-0.39, 0.29) is 12.4 Å². The zero-order valence-electron chi connectivity index (χ0n) is 12.9. The van der Waals surface area contributed by atoms with Gasteiger partial charge in [-0.1, -0.05) is 60.7 Å². The van der Waals surface area contributed by atoms with Crippen molar-refractivity contribution in [2.75, 3.05) is 5.75 Å². The third kappa shape index (κ3) is 4.88. The van der Waals surface area contributed by atoms with E-state index in [1.165, 1.54) is 11.1 Å². The van der Waals surface area contributed by atoms with Crippen molar-refractivity contribution >= 4 is 25.0 Å². The lowest BCUT2D eigenvalue weighted by molar-refractivity contribution is 0.720. The maximum Gasteiger partial charge on any atom is 0.110 e. The highest BCUT2D eigenvalue weighted by atomic mass is 35.5. The first kappa shape index (κ1) is 17.6. The van der Waals surface area contributed by atoms with Crippen LogP contribution >= 0.6 is 25.0 Å². The lowest BCUT2D eigenvalue weighted by atomic mass is 10.0. The predicted octanol–water partition coefficient (Wildman–Crippen LogP) is 4.68. The summed E-state index contributed by atoms with van der Waals surface area (Å²) in [4.78, 5) is 8.05. The Bertz CT molecular complexity index is 698. The van der Waals surface area contributed by atoms with Crippen LogP contribution in [0.5, 0.6) is 0 Å². The van der Waals surface area contributed by atoms with Crippen molar-refractivity contribution < 1.29 is 0 Å². The number of benzene rings is 2. The highest BCUT2D eigenvalue weighted by molar-refractivity contribution is 7.80. The van der Waals surface area contributed by atoms with E-state index in [0.29, 0.717) is 5.92 Å². The molecule has 0 spiro atoms. The number of rotatable bonds is 6. The summed E-state index contributed by atoms with van der Waals surface area (Å²) >= 11 is 4.51. The predicted molar refractivity (Wildman–Crippen MR) is 102 cm³/mol. The molecule has 1 aromatic heterocycles. The van der Waals surface area contributed by atoms with Crippen molar-refractivity contribution in [3.8, 4) is 0 Å². The van der Waals surface area contributed by atoms with Crippen LogP contribution in [0.3, 0.4) is 0 Å². The fourth-order valence-corrected chi connectivity index (χ4v) is 2.94. The number of hydrogen-bond acceptors (Lipinski definition) is 2. The van der Waals surface area contributed by atoms with Gasteiger partial charge in [0.05, 0.1) is 0 Å². The molecule has 0 bridgehead atoms. The lowest BCUT2D eigenvalue weighted by Gasteiger charge is -2.11. The van der Waals surface area contributed by atoms with Crippen molar-refractivity contribution in [3.63, 3.8) is 0 Å². The average Bonchev–Trinajstić information content (AvgIpc) is 3.03. The van der Waals surface area contributed by atoms with Crippen molar-refractivity contribution in [2.24, 2.45) is 0 Å². The molecule has 2 nitrogen and oxygen atoms in total. The van der Waals surface area contributed by atoms with Crippen molar-refractivity contribution in [1.82, 2.24) is 9.97 Å². The topological polar surface area (TPSA) is 28.7 Å². The molecular weight excluding hydrogens is 324 g/mol. The van der Waals surface area contributed by atoms with Gasteiger partial charge in [-0.2, -0.15) is 12.6 Å². The first-order valence-electron chi connectivity index (χ1n) is 7.57. The zero-order valence-corrected chi connectivity index (χ0v) is 14.6. The number of imidazole rings is 1. The van der Waals surface area contributed by atoms with Gasteiger partial charge in [-0.05, 0) is 17.5 Å². The third-order valence-electron chi connectivity index (χ3n) is 3.82. The van der Waals surface area contributed by atoms with Crippen LogP contribution in [-0.4, -0.2) is 15.7 Å². The van der Waals surface area contributed by atoms with Crippen LogP contribution in [0.2, 0.25) is 0 Å². The van der Waals surface area contributed by atoms with Crippen molar-refractivity contribution in [2.45, 2.75) is 18.8 Å². The van der Waals surface area contributed by atoms with Gasteiger partial charge in [0.1, 0.15) is 5.82 Å². The van der Waals surface area contributed by atoms with E-state index in [1.807, 2.05) is 18.3 Å². The van der Waals surface area contributed by atoms with E-state index in [2.05, 4.69) is 71.1 Å². The molecule has 0 aliphatic rings. The number of nitrogens with zero attached hydrogens (tertiary/aromatic N) is 1. The smallest absolute Gasteiger partial charge is 0.110 e. The summed E-state index contributed by atoms with van der Waals surface area (Å²) in [7, 11) is 0. The van der Waals surface area contributed by atoms with Gasteiger partial charge in [-0.15, -0.1) is 12.4 Å². The maximum atomic E-state index is 4.58. The number of nitrogens with one attached hydrogen (secondary N) is 1. The Labute approximate surface area is 149 Å². The Morgan fingerprint density at radius 1 is 0.913 bits per heavy atom. The molecule has 0 fully saturated rings. The molecule has 4 heteroatoms. The molecule has 3 rings (SSSR count). The molecule has 0 amide bonds. The van der Waals surface area contributed by atoms with Crippen LogP contribution in [-0.2, 0) is 12.8 Å². The molecule has 23 heavy (non-hydrogen) atoms. The number of H-pyrrole nitrogens is 1. The molecule has 3 aromatic rings. The monoisotopic (exact) mass is 344 g/mol. The summed E-state index contributed by atoms with van der Waals surface area (Å²) in [5.74, 6) is 2.13. The second-order valence-electron chi connectivity index (χ2n) is 5.53. The van der Waals surface area contributed by atoms with E-state index in [9.17, 15) is 0 Å². The van der Waals surface area contributed by atoms with Crippen LogP contribution in [0.25, 0.3) is 0 Å². The SMILES string of the molecule is Cl.SCC(Cc1ccccc1)c1ncc(Cc2ccccc2)[nH]1. The molecule has 0 aliphatic carbocycles. The standard InChI is InChI=1S/C19H20N2S.ClH/c22-14-17(11-15-7-3-1-4-8-15)19-20-13-18(21-19)12-16-9-5-2-6-10-16;/h1-10,13,17,22H,11-12,14H2,(H,20,21);1H. The summed E-state index contributed by atoms with van der Waals surface area (Å²) in [6.07, 6.45) is 3.80. The normalized spacial score (nSPS) is 11.7. The fourth-order valence-electron chi connectivity index (χ4n) is 2.64. The molecule has 0 radical (unpaired) electrons. The van der Waals surface area contributed by atoms with Crippen LogP contribution < -0.4 is 0 Å². The largest absolute Gasteiger partial charge is 0.345 e. The molecule has 0 saturated heterocycles. The van der Waals surface area contributed by atoms with E-state index in [0.717, 1.165) is 30.1 Å². The zero-order chi connectivity index (χ0) is 15.2.